The SMILES string of the molecule is O=C(CCCCCCC(=O)OCCCCCCO)OCCCCCCO. The summed E-state index contributed by atoms with van der Waals surface area (Å²) < 4.78 is 10.3. The maximum atomic E-state index is 11.5. The van der Waals surface area contributed by atoms with Crippen LogP contribution in [0.1, 0.15) is 89.9 Å². The summed E-state index contributed by atoms with van der Waals surface area (Å²) in [4.78, 5) is 23.1. The lowest BCUT2D eigenvalue weighted by atomic mass is 10.1. The number of aliphatic hydroxyl groups is 2. The smallest absolute Gasteiger partial charge is 0.305 e. The van der Waals surface area contributed by atoms with Crippen LogP contribution in [0, 0.1) is 0 Å². The molecule has 0 aliphatic heterocycles. The van der Waals surface area contributed by atoms with Gasteiger partial charge in [0.05, 0.1) is 13.2 Å². The fourth-order valence-corrected chi connectivity index (χ4v) is 2.54. The Balaban J connectivity index is 3.28. The minimum atomic E-state index is -0.146. The molecule has 154 valence electrons. The van der Waals surface area contributed by atoms with Crippen LogP contribution in [-0.4, -0.2) is 48.6 Å². The Hall–Kier alpha value is -1.14. The van der Waals surface area contributed by atoms with E-state index in [0.717, 1.165) is 77.0 Å². The highest BCUT2D eigenvalue weighted by Gasteiger charge is 2.05. The van der Waals surface area contributed by atoms with E-state index in [2.05, 4.69) is 0 Å². The van der Waals surface area contributed by atoms with Gasteiger partial charge in [-0.2, -0.15) is 0 Å². The van der Waals surface area contributed by atoms with E-state index in [1.165, 1.54) is 0 Å². The van der Waals surface area contributed by atoms with Crippen molar-refractivity contribution in [1.82, 2.24) is 0 Å². The number of ether oxygens (including phenoxy) is 2. The minimum Gasteiger partial charge on any atom is -0.466 e. The van der Waals surface area contributed by atoms with Gasteiger partial charge in [-0.1, -0.05) is 25.7 Å². The van der Waals surface area contributed by atoms with Gasteiger partial charge in [-0.05, 0) is 51.4 Å². The van der Waals surface area contributed by atoms with Crippen molar-refractivity contribution in [2.24, 2.45) is 0 Å². The molecule has 6 heteroatoms. The quantitative estimate of drug-likeness (QED) is 0.265. The number of unbranched alkanes of at least 4 members (excludes halogenated alkanes) is 9. The fraction of sp³-hybridized carbons (Fsp3) is 0.900. The predicted octanol–water partition coefficient (Wildman–Crippen LogP) is 3.52. The van der Waals surface area contributed by atoms with E-state index in [0.29, 0.717) is 26.1 Å². The minimum absolute atomic E-state index is 0.146. The van der Waals surface area contributed by atoms with Gasteiger partial charge in [-0.15, -0.1) is 0 Å². The molecule has 0 heterocycles. The lowest BCUT2D eigenvalue weighted by molar-refractivity contribution is -0.145. The normalized spacial score (nSPS) is 10.7. The highest BCUT2D eigenvalue weighted by molar-refractivity contribution is 5.69. The van der Waals surface area contributed by atoms with Crippen LogP contribution in [0.2, 0.25) is 0 Å². The van der Waals surface area contributed by atoms with Crippen molar-refractivity contribution in [1.29, 1.82) is 0 Å². The third kappa shape index (κ3) is 19.2. The van der Waals surface area contributed by atoms with E-state index in [4.69, 9.17) is 19.7 Å². The lowest BCUT2D eigenvalue weighted by Crippen LogP contribution is -2.06. The van der Waals surface area contributed by atoms with Gasteiger partial charge in [-0.25, -0.2) is 0 Å². The number of carbonyl (C=O) groups is 2. The maximum Gasteiger partial charge on any atom is 0.305 e. The van der Waals surface area contributed by atoms with Crippen molar-refractivity contribution in [3.05, 3.63) is 0 Å². The van der Waals surface area contributed by atoms with Crippen LogP contribution in [-0.2, 0) is 19.1 Å². The highest BCUT2D eigenvalue weighted by atomic mass is 16.5. The number of esters is 2. The van der Waals surface area contributed by atoms with E-state index in [-0.39, 0.29) is 25.2 Å². The third-order valence-corrected chi connectivity index (χ3v) is 4.14. The summed E-state index contributed by atoms with van der Waals surface area (Å²) in [7, 11) is 0. The molecule has 6 nitrogen and oxygen atoms in total. The molecule has 0 unspecified atom stereocenters. The van der Waals surface area contributed by atoms with Crippen LogP contribution in [0.15, 0.2) is 0 Å². The Morgan fingerprint density at radius 3 is 1.23 bits per heavy atom. The molecule has 0 atom stereocenters. The topological polar surface area (TPSA) is 93.1 Å². The molecule has 26 heavy (non-hydrogen) atoms. The second-order valence-corrected chi connectivity index (χ2v) is 6.63. The Bertz CT molecular complexity index is 300. The van der Waals surface area contributed by atoms with Gasteiger partial charge in [0, 0.05) is 26.1 Å². The number of hydrogen-bond acceptors (Lipinski definition) is 6. The highest BCUT2D eigenvalue weighted by Crippen LogP contribution is 2.08. The average molecular weight is 375 g/mol. The van der Waals surface area contributed by atoms with Gasteiger partial charge in [0.1, 0.15) is 0 Å². The van der Waals surface area contributed by atoms with Gasteiger partial charge >= 0.3 is 11.9 Å². The molecular weight excluding hydrogens is 336 g/mol. The molecule has 0 saturated carbocycles. The first-order valence-corrected chi connectivity index (χ1v) is 10.2. The zero-order valence-electron chi connectivity index (χ0n) is 16.3. The molecule has 0 radical (unpaired) electrons. The van der Waals surface area contributed by atoms with Gasteiger partial charge in [-0.3, -0.25) is 9.59 Å². The molecule has 0 aliphatic rings. The molecular formula is C20H38O6. The molecule has 0 aromatic heterocycles. The number of rotatable bonds is 19. The Labute approximate surface area is 158 Å². The molecule has 0 amide bonds. The van der Waals surface area contributed by atoms with Crippen LogP contribution < -0.4 is 0 Å². The summed E-state index contributed by atoms with van der Waals surface area (Å²) >= 11 is 0. The molecule has 0 bridgehead atoms. The number of carbonyl (C=O) groups excluding carboxylic acids is 2. The van der Waals surface area contributed by atoms with Crippen molar-refractivity contribution in [3.8, 4) is 0 Å². The predicted molar refractivity (Wildman–Crippen MR) is 101 cm³/mol. The standard InChI is InChI=1S/C20H38O6/c21-15-9-3-5-11-17-25-19(23)13-7-1-2-8-14-20(24)26-18-12-6-4-10-16-22/h21-22H,1-18H2. The fourth-order valence-electron chi connectivity index (χ4n) is 2.54. The summed E-state index contributed by atoms with van der Waals surface area (Å²) in [5, 5.41) is 17.3. The monoisotopic (exact) mass is 374 g/mol. The lowest BCUT2D eigenvalue weighted by Gasteiger charge is -2.06. The Kier molecular flexibility index (Phi) is 19.3. The molecule has 2 N–H and O–H groups in total. The van der Waals surface area contributed by atoms with Crippen LogP contribution in [0.3, 0.4) is 0 Å². The Morgan fingerprint density at radius 2 is 0.846 bits per heavy atom. The van der Waals surface area contributed by atoms with Crippen LogP contribution in [0.4, 0.5) is 0 Å². The maximum absolute atomic E-state index is 11.5. The average Bonchev–Trinajstić information content (AvgIpc) is 2.63. The first kappa shape index (κ1) is 24.9. The summed E-state index contributed by atoms with van der Waals surface area (Å²) in [6.45, 7) is 1.39. The Morgan fingerprint density at radius 1 is 0.500 bits per heavy atom. The summed E-state index contributed by atoms with van der Waals surface area (Å²) in [6.07, 6.45) is 11.5. The van der Waals surface area contributed by atoms with Gasteiger partial charge in [0.15, 0.2) is 0 Å². The molecule has 0 spiro atoms. The molecule has 0 aromatic carbocycles. The number of aliphatic hydroxyl groups excluding tert-OH is 2. The van der Waals surface area contributed by atoms with E-state index >= 15 is 0 Å². The summed E-state index contributed by atoms with van der Waals surface area (Å²) in [5.74, 6) is -0.291. The van der Waals surface area contributed by atoms with Crippen molar-refractivity contribution >= 4 is 11.9 Å². The second-order valence-electron chi connectivity index (χ2n) is 6.63. The van der Waals surface area contributed by atoms with Gasteiger partial charge in [0.2, 0.25) is 0 Å². The van der Waals surface area contributed by atoms with E-state index in [1.54, 1.807) is 0 Å². The van der Waals surface area contributed by atoms with Crippen molar-refractivity contribution in [2.45, 2.75) is 89.9 Å². The first-order chi connectivity index (χ1) is 12.7. The largest absolute Gasteiger partial charge is 0.466 e. The van der Waals surface area contributed by atoms with Crippen LogP contribution in [0.5, 0.6) is 0 Å². The third-order valence-electron chi connectivity index (χ3n) is 4.14. The second kappa shape index (κ2) is 20.2. The number of hydrogen-bond donors (Lipinski definition) is 2. The first-order valence-electron chi connectivity index (χ1n) is 10.2. The molecule has 0 saturated heterocycles. The zero-order valence-corrected chi connectivity index (χ0v) is 16.3. The van der Waals surface area contributed by atoms with Gasteiger partial charge in [0.25, 0.3) is 0 Å². The summed E-state index contributed by atoms with van der Waals surface area (Å²) in [6, 6.07) is 0. The summed E-state index contributed by atoms with van der Waals surface area (Å²) in [5.41, 5.74) is 0. The van der Waals surface area contributed by atoms with Crippen molar-refractivity contribution in [2.75, 3.05) is 26.4 Å². The van der Waals surface area contributed by atoms with Gasteiger partial charge < -0.3 is 19.7 Å². The van der Waals surface area contributed by atoms with E-state index in [1.807, 2.05) is 0 Å². The molecule has 0 aliphatic carbocycles. The van der Waals surface area contributed by atoms with Crippen molar-refractivity contribution in [3.63, 3.8) is 0 Å². The molecule has 0 rings (SSSR count). The van der Waals surface area contributed by atoms with Crippen LogP contribution >= 0.6 is 0 Å². The zero-order chi connectivity index (χ0) is 19.3. The molecule has 0 fully saturated rings. The molecule has 0 aromatic rings. The van der Waals surface area contributed by atoms with E-state index in [9.17, 15) is 9.59 Å². The van der Waals surface area contributed by atoms with E-state index < -0.39 is 0 Å². The van der Waals surface area contributed by atoms with Crippen LogP contribution in [0.25, 0.3) is 0 Å². The van der Waals surface area contributed by atoms with Crippen molar-refractivity contribution < 1.29 is 29.3 Å².